The van der Waals surface area contributed by atoms with Crippen LogP contribution in [0, 0.1) is 0 Å². The van der Waals surface area contributed by atoms with Gasteiger partial charge in [0.15, 0.2) is 0 Å². The molecule has 7 heteroatoms. The van der Waals surface area contributed by atoms with Gasteiger partial charge in [0, 0.05) is 0 Å². The van der Waals surface area contributed by atoms with Crippen LogP contribution in [0.2, 0.25) is 0 Å². The number of hydrogen-bond donors (Lipinski definition) is 2. The Hall–Kier alpha value is -2.28. The van der Waals surface area contributed by atoms with Gasteiger partial charge in [-0.05, 0) is 80.4 Å². The summed E-state index contributed by atoms with van der Waals surface area (Å²) in [6.07, 6.45) is 4.63. The number of rotatable bonds is 6. The number of thiophene rings is 1. The first kappa shape index (κ1) is 26.8. The Morgan fingerprint density at radius 1 is 0.774 bits per heavy atom. The van der Waals surface area contributed by atoms with Gasteiger partial charge in [-0.3, -0.25) is 10.6 Å². The lowest BCUT2D eigenvalue weighted by molar-refractivity contribution is 0.0621. The van der Waals surface area contributed by atoms with Crippen LogP contribution in [-0.2, 0) is 9.47 Å². The zero-order chi connectivity index (χ0) is 24.0. The van der Waals surface area contributed by atoms with Crippen molar-refractivity contribution < 1.29 is 19.1 Å². The van der Waals surface area contributed by atoms with E-state index in [9.17, 15) is 9.59 Å². The lowest BCUT2D eigenvalue weighted by atomic mass is 10.1. The zero-order valence-electron chi connectivity index (χ0n) is 20.6. The molecule has 174 valence electrons. The van der Waals surface area contributed by atoms with Crippen molar-refractivity contribution in [3.63, 3.8) is 0 Å². The zero-order valence-corrected chi connectivity index (χ0v) is 21.4. The second-order valence-corrected chi connectivity index (χ2v) is 10.6. The topological polar surface area (TPSA) is 76.7 Å². The first-order chi connectivity index (χ1) is 14.1. The predicted molar refractivity (Wildman–Crippen MR) is 132 cm³/mol. The molecule has 6 nitrogen and oxygen atoms in total. The van der Waals surface area contributed by atoms with Gasteiger partial charge in [0.05, 0.1) is 21.1 Å². The van der Waals surface area contributed by atoms with Crippen molar-refractivity contribution in [3.05, 3.63) is 20.9 Å². The first-order valence-electron chi connectivity index (χ1n) is 10.7. The molecular weight excluding hydrogens is 412 g/mol. The van der Waals surface area contributed by atoms with E-state index in [4.69, 9.17) is 9.47 Å². The maximum Gasteiger partial charge on any atom is 0.412 e. The Kier molecular flexibility index (Phi) is 9.36. The molecule has 0 aromatic carbocycles. The van der Waals surface area contributed by atoms with Crippen LogP contribution in [0.4, 0.5) is 21.0 Å². The summed E-state index contributed by atoms with van der Waals surface area (Å²) >= 11 is 1.50. The quantitative estimate of drug-likeness (QED) is 0.459. The van der Waals surface area contributed by atoms with Gasteiger partial charge in [0.2, 0.25) is 0 Å². The third kappa shape index (κ3) is 9.59. The van der Waals surface area contributed by atoms with Gasteiger partial charge in [-0.1, -0.05) is 25.0 Å². The number of allylic oxidation sites excluding steroid dienone is 2. The van der Waals surface area contributed by atoms with Crippen LogP contribution in [0.15, 0.2) is 11.1 Å². The van der Waals surface area contributed by atoms with Crippen LogP contribution < -0.4 is 10.6 Å². The van der Waals surface area contributed by atoms with Gasteiger partial charge < -0.3 is 9.47 Å². The maximum absolute atomic E-state index is 12.6. The number of carbonyl (C=O) groups excluding carboxylic acids is 2. The Labute approximate surface area is 191 Å². The first-order valence-corrected chi connectivity index (χ1v) is 11.5. The highest BCUT2D eigenvalue weighted by Gasteiger charge is 2.25. The van der Waals surface area contributed by atoms with Crippen molar-refractivity contribution in [2.24, 2.45) is 0 Å². The summed E-state index contributed by atoms with van der Waals surface area (Å²) in [7, 11) is 0. The second-order valence-electron chi connectivity index (χ2n) is 9.52. The molecule has 0 saturated carbocycles. The van der Waals surface area contributed by atoms with Gasteiger partial charge >= 0.3 is 12.2 Å². The van der Waals surface area contributed by atoms with Crippen molar-refractivity contribution in [3.8, 4) is 0 Å². The van der Waals surface area contributed by atoms with Gasteiger partial charge in [-0.25, -0.2) is 9.59 Å². The van der Waals surface area contributed by atoms with E-state index in [0.29, 0.717) is 11.4 Å². The molecule has 0 unspecified atom stereocenters. The van der Waals surface area contributed by atoms with Gasteiger partial charge in [0.25, 0.3) is 0 Å². The molecule has 1 aromatic rings. The fourth-order valence-corrected chi connectivity index (χ4v) is 3.65. The molecule has 2 N–H and O–H groups in total. The molecule has 0 aliphatic rings. The minimum Gasteiger partial charge on any atom is -0.444 e. The van der Waals surface area contributed by atoms with Gasteiger partial charge in [-0.2, -0.15) is 0 Å². The molecule has 0 aliphatic heterocycles. The molecule has 0 bridgehead atoms. The van der Waals surface area contributed by atoms with E-state index in [1.54, 1.807) is 41.5 Å². The highest BCUT2D eigenvalue weighted by atomic mass is 32.1. The molecule has 0 saturated heterocycles. The molecule has 0 atom stereocenters. The molecular formula is C24H38N2O4S. The molecule has 1 heterocycles. The lowest BCUT2D eigenvalue weighted by Crippen LogP contribution is -2.29. The number of carbonyl (C=O) groups is 2. The SMILES string of the molecule is CC/C(C)=C\c1sc(/C=C(\C)CC)c(NC(=O)OC(C)(C)C)c1NC(=O)OC(C)(C)C. The van der Waals surface area contributed by atoms with Crippen LogP contribution in [0.3, 0.4) is 0 Å². The van der Waals surface area contributed by atoms with Gasteiger partial charge in [-0.15, -0.1) is 11.3 Å². The van der Waals surface area contributed by atoms with E-state index < -0.39 is 23.4 Å². The van der Waals surface area contributed by atoms with E-state index in [-0.39, 0.29) is 0 Å². The number of anilines is 2. The molecule has 0 aliphatic carbocycles. The van der Waals surface area contributed by atoms with Crippen molar-refractivity contribution >= 4 is 47.1 Å². The molecule has 31 heavy (non-hydrogen) atoms. The van der Waals surface area contributed by atoms with E-state index in [0.717, 1.165) is 33.7 Å². The summed E-state index contributed by atoms with van der Waals surface area (Å²) < 4.78 is 10.9. The summed E-state index contributed by atoms with van der Waals surface area (Å²) in [6, 6.07) is 0. The van der Waals surface area contributed by atoms with Crippen LogP contribution >= 0.6 is 11.3 Å². The van der Waals surface area contributed by atoms with Crippen molar-refractivity contribution in [2.75, 3.05) is 10.6 Å². The predicted octanol–water partition coefficient (Wildman–Crippen LogP) is 8.07. The summed E-state index contributed by atoms with van der Waals surface area (Å²) in [4.78, 5) is 26.8. The minimum atomic E-state index is -0.643. The Morgan fingerprint density at radius 2 is 1.10 bits per heavy atom. The highest BCUT2D eigenvalue weighted by Crippen LogP contribution is 2.42. The van der Waals surface area contributed by atoms with E-state index >= 15 is 0 Å². The number of nitrogens with one attached hydrogen (secondary N) is 2. The number of amides is 2. The largest absolute Gasteiger partial charge is 0.444 e. The van der Waals surface area contributed by atoms with E-state index in [2.05, 4.69) is 24.5 Å². The standard InChI is InChI=1S/C24H38N2O4S/c1-11-15(3)13-17-19(25-21(27)29-23(5,6)7)20(18(31-17)14-16(4)12-2)26-22(28)30-24(8,9)10/h13-14H,11-12H2,1-10H3,(H,25,27)(H,26,28)/b15-13-,16-14+. The summed E-state index contributed by atoms with van der Waals surface area (Å²) in [6.45, 7) is 19.0. The average Bonchev–Trinajstić information content (AvgIpc) is 2.87. The molecule has 0 fully saturated rings. The fraction of sp³-hybridized carbons (Fsp3) is 0.583. The number of hydrogen-bond acceptors (Lipinski definition) is 5. The van der Waals surface area contributed by atoms with Crippen LogP contribution in [0.25, 0.3) is 12.2 Å². The van der Waals surface area contributed by atoms with Crippen LogP contribution in [-0.4, -0.2) is 23.4 Å². The van der Waals surface area contributed by atoms with Crippen LogP contribution in [0.1, 0.15) is 91.8 Å². The Balaban J connectivity index is 3.57. The lowest BCUT2D eigenvalue weighted by Gasteiger charge is -2.21. The summed E-state index contributed by atoms with van der Waals surface area (Å²) in [5.41, 5.74) is 2.03. The summed E-state index contributed by atoms with van der Waals surface area (Å²) in [5, 5.41) is 5.70. The Morgan fingerprint density at radius 3 is 1.35 bits per heavy atom. The molecule has 1 aromatic heterocycles. The number of ether oxygens (including phenoxy) is 2. The third-order valence-electron chi connectivity index (χ3n) is 4.08. The smallest absolute Gasteiger partial charge is 0.412 e. The van der Waals surface area contributed by atoms with E-state index in [1.807, 2.05) is 26.0 Å². The molecule has 1 rings (SSSR count). The average molecular weight is 451 g/mol. The van der Waals surface area contributed by atoms with Crippen molar-refractivity contribution in [1.29, 1.82) is 0 Å². The maximum atomic E-state index is 12.6. The molecule has 2 amide bonds. The van der Waals surface area contributed by atoms with Crippen molar-refractivity contribution in [2.45, 2.75) is 93.3 Å². The van der Waals surface area contributed by atoms with Crippen molar-refractivity contribution in [1.82, 2.24) is 0 Å². The monoisotopic (exact) mass is 450 g/mol. The Bertz CT molecular complexity index is 784. The minimum absolute atomic E-state index is 0.507. The second kappa shape index (κ2) is 10.8. The van der Waals surface area contributed by atoms with Gasteiger partial charge in [0.1, 0.15) is 11.2 Å². The fourth-order valence-electron chi connectivity index (χ4n) is 2.38. The van der Waals surface area contributed by atoms with E-state index in [1.165, 1.54) is 11.3 Å². The molecule has 0 spiro atoms. The molecule has 0 radical (unpaired) electrons. The third-order valence-corrected chi connectivity index (χ3v) is 5.17. The highest BCUT2D eigenvalue weighted by molar-refractivity contribution is 7.15. The normalized spacial score (nSPS) is 13.1. The summed E-state index contributed by atoms with van der Waals surface area (Å²) in [5.74, 6) is 0. The van der Waals surface area contributed by atoms with Crippen LogP contribution in [0.5, 0.6) is 0 Å².